The van der Waals surface area contributed by atoms with Gasteiger partial charge >= 0.3 is 0 Å². The predicted octanol–water partition coefficient (Wildman–Crippen LogP) is 2.96. The van der Waals surface area contributed by atoms with Crippen LogP contribution < -0.4 is 5.32 Å². The van der Waals surface area contributed by atoms with Crippen molar-refractivity contribution < 1.29 is 0 Å². The fraction of sp³-hybridized carbons (Fsp3) is 0.333. The smallest absolute Gasteiger partial charge is 0.0261 e. The third-order valence-corrected chi connectivity index (χ3v) is 2.33. The molecule has 1 rings (SSSR count). The van der Waals surface area contributed by atoms with Gasteiger partial charge in [0.25, 0.3) is 0 Å². The van der Waals surface area contributed by atoms with E-state index in [0.29, 0.717) is 11.9 Å². The van der Waals surface area contributed by atoms with Gasteiger partial charge in [0.15, 0.2) is 0 Å². The van der Waals surface area contributed by atoms with Gasteiger partial charge in [0.05, 0.1) is 0 Å². The summed E-state index contributed by atoms with van der Waals surface area (Å²) in [5, 5.41) is 3.38. The molecule has 0 saturated carbocycles. The number of hydrogen-bond donors (Lipinski definition) is 1. The summed E-state index contributed by atoms with van der Waals surface area (Å²) in [5.41, 5.74) is 1.29. The summed E-state index contributed by atoms with van der Waals surface area (Å²) in [6, 6.07) is 10.6. The Morgan fingerprint density at radius 3 is 2.64 bits per heavy atom. The van der Waals surface area contributed by atoms with Crippen LogP contribution in [-0.2, 0) is 6.54 Å². The Balaban J connectivity index is 2.35. The fourth-order valence-corrected chi connectivity index (χ4v) is 1.50. The third kappa shape index (κ3) is 3.95. The Bertz CT molecular complexity index is 258. The average Bonchev–Trinajstić information content (AvgIpc) is 2.25. The minimum absolute atomic E-state index is 0.313. The number of benzene rings is 1. The van der Waals surface area contributed by atoms with Crippen LogP contribution in [0, 0.1) is 0 Å². The van der Waals surface area contributed by atoms with Crippen LogP contribution in [0.25, 0.3) is 0 Å². The van der Waals surface area contributed by atoms with E-state index in [9.17, 15) is 0 Å². The summed E-state index contributed by atoms with van der Waals surface area (Å²) in [4.78, 5) is 0. The quantitative estimate of drug-likeness (QED) is 0.561. The van der Waals surface area contributed by atoms with Crippen molar-refractivity contribution in [2.45, 2.75) is 19.0 Å². The van der Waals surface area contributed by atoms with Crippen molar-refractivity contribution in [1.82, 2.24) is 5.32 Å². The number of hydrogen-bond acceptors (Lipinski definition) is 1. The largest absolute Gasteiger partial charge is 0.306 e. The maximum Gasteiger partial charge on any atom is 0.0261 e. The molecule has 1 aromatic carbocycles. The maximum atomic E-state index is 5.67. The van der Waals surface area contributed by atoms with Gasteiger partial charge in [0.1, 0.15) is 0 Å². The van der Waals surface area contributed by atoms with E-state index in [2.05, 4.69) is 24.0 Å². The van der Waals surface area contributed by atoms with Crippen LogP contribution >= 0.6 is 11.6 Å². The SMILES string of the molecule is C=CC(CCCl)NCc1ccccc1. The first-order chi connectivity index (χ1) is 6.86. The van der Waals surface area contributed by atoms with E-state index < -0.39 is 0 Å². The third-order valence-electron chi connectivity index (χ3n) is 2.12. The highest BCUT2D eigenvalue weighted by Gasteiger charge is 2.01. The van der Waals surface area contributed by atoms with Gasteiger partial charge in [0.2, 0.25) is 0 Å². The Labute approximate surface area is 90.8 Å². The molecule has 1 nitrogen and oxygen atoms in total. The first kappa shape index (κ1) is 11.3. The van der Waals surface area contributed by atoms with E-state index in [1.165, 1.54) is 5.56 Å². The van der Waals surface area contributed by atoms with Crippen LogP contribution in [0.5, 0.6) is 0 Å². The highest BCUT2D eigenvalue weighted by Crippen LogP contribution is 2.01. The van der Waals surface area contributed by atoms with Crippen LogP contribution in [0.15, 0.2) is 43.0 Å². The summed E-state index contributed by atoms with van der Waals surface area (Å²) in [6.45, 7) is 4.64. The lowest BCUT2D eigenvalue weighted by Crippen LogP contribution is -2.26. The van der Waals surface area contributed by atoms with Crippen molar-refractivity contribution in [1.29, 1.82) is 0 Å². The molecule has 1 aromatic rings. The summed E-state index contributed by atoms with van der Waals surface area (Å²) < 4.78 is 0. The molecule has 76 valence electrons. The van der Waals surface area contributed by atoms with Crippen LogP contribution in [0.1, 0.15) is 12.0 Å². The summed E-state index contributed by atoms with van der Waals surface area (Å²) in [5.74, 6) is 0.665. The standard InChI is InChI=1S/C12H16ClN/c1-2-12(8-9-13)14-10-11-6-4-3-5-7-11/h2-7,12,14H,1,8-10H2. The van der Waals surface area contributed by atoms with Crippen LogP contribution in [0.2, 0.25) is 0 Å². The summed E-state index contributed by atoms with van der Waals surface area (Å²) >= 11 is 5.67. The Kier molecular flexibility index (Phi) is 5.35. The second-order valence-electron chi connectivity index (χ2n) is 3.19. The van der Waals surface area contributed by atoms with E-state index >= 15 is 0 Å². The minimum atomic E-state index is 0.313. The zero-order valence-corrected chi connectivity index (χ0v) is 9.00. The van der Waals surface area contributed by atoms with Gasteiger partial charge in [-0.3, -0.25) is 0 Å². The van der Waals surface area contributed by atoms with Crippen molar-refractivity contribution in [3.63, 3.8) is 0 Å². The lowest BCUT2D eigenvalue weighted by Gasteiger charge is -2.12. The normalized spacial score (nSPS) is 12.4. The van der Waals surface area contributed by atoms with Gasteiger partial charge < -0.3 is 5.32 Å². The van der Waals surface area contributed by atoms with E-state index in [4.69, 9.17) is 11.6 Å². The van der Waals surface area contributed by atoms with Crippen LogP contribution in [0.4, 0.5) is 0 Å². The van der Waals surface area contributed by atoms with Crippen molar-refractivity contribution in [3.8, 4) is 0 Å². The molecule has 0 amide bonds. The van der Waals surface area contributed by atoms with Crippen LogP contribution in [0.3, 0.4) is 0 Å². The zero-order chi connectivity index (χ0) is 10.2. The lowest BCUT2D eigenvalue weighted by atomic mass is 10.2. The molecule has 1 unspecified atom stereocenters. The number of nitrogens with one attached hydrogen (secondary N) is 1. The topological polar surface area (TPSA) is 12.0 Å². The number of halogens is 1. The van der Waals surface area contributed by atoms with Gasteiger partial charge in [-0.2, -0.15) is 0 Å². The van der Waals surface area contributed by atoms with Gasteiger partial charge in [0, 0.05) is 18.5 Å². The molecule has 0 aromatic heterocycles. The first-order valence-corrected chi connectivity index (χ1v) is 5.36. The van der Waals surface area contributed by atoms with Gasteiger partial charge in [-0.15, -0.1) is 18.2 Å². The van der Waals surface area contributed by atoms with Crippen molar-refractivity contribution in [3.05, 3.63) is 48.6 Å². The molecule has 2 heteroatoms. The van der Waals surface area contributed by atoms with E-state index in [0.717, 1.165) is 13.0 Å². The summed E-state index contributed by atoms with van der Waals surface area (Å²) in [7, 11) is 0. The van der Waals surface area contributed by atoms with Crippen molar-refractivity contribution >= 4 is 11.6 Å². The lowest BCUT2D eigenvalue weighted by molar-refractivity contribution is 0.581. The van der Waals surface area contributed by atoms with Gasteiger partial charge in [-0.05, 0) is 12.0 Å². The highest BCUT2D eigenvalue weighted by molar-refractivity contribution is 6.17. The zero-order valence-electron chi connectivity index (χ0n) is 8.25. The average molecular weight is 210 g/mol. The molecule has 0 aliphatic carbocycles. The second-order valence-corrected chi connectivity index (χ2v) is 3.56. The Morgan fingerprint density at radius 1 is 1.36 bits per heavy atom. The number of rotatable bonds is 6. The molecule has 0 radical (unpaired) electrons. The van der Waals surface area contributed by atoms with Crippen molar-refractivity contribution in [2.24, 2.45) is 0 Å². The second kappa shape index (κ2) is 6.63. The molecule has 1 atom stereocenters. The van der Waals surface area contributed by atoms with E-state index in [1.54, 1.807) is 0 Å². The molecule has 0 aliphatic rings. The Hall–Kier alpha value is -0.790. The maximum absolute atomic E-state index is 5.67. The molecule has 0 aliphatic heterocycles. The molecule has 0 fully saturated rings. The molecule has 14 heavy (non-hydrogen) atoms. The van der Waals surface area contributed by atoms with E-state index in [-0.39, 0.29) is 0 Å². The minimum Gasteiger partial charge on any atom is -0.306 e. The molecule has 0 bridgehead atoms. The fourth-order valence-electron chi connectivity index (χ4n) is 1.27. The monoisotopic (exact) mass is 209 g/mol. The van der Waals surface area contributed by atoms with Gasteiger partial charge in [-0.25, -0.2) is 0 Å². The summed E-state index contributed by atoms with van der Waals surface area (Å²) in [6.07, 6.45) is 2.84. The van der Waals surface area contributed by atoms with E-state index in [1.807, 2.05) is 24.3 Å². The molecule has 0 heterocycles. The first-order valence-electron chi connectivity index (χ1n) is 4.82. The Morgan fingerprint density at radius 2 is 2.07 bits per heavy atom. The predicted molar refractivity (Wildman–Crippen MR) is 62.6 cm³/mol. The molecule has 1 N–H and O–H groups in total. The highest BCUT2D eigenvalue weighted by atomic mass is 35.5. The van der Waals surface area contributed by atoms with Crippen molar-refractivity contribution in [2.75, 3.05) is 5.88 Å². The van der Waals surface area contributed by atoms with Crippen LogP contribution in [-0.4, -0.2) is 11.9 Å². The molecular formula is C12H16ClN. The molecule has 0 saturated heterocycles. The molecule has 0 spiro atoms. The van der Waals surface area contributed by atoms with Gasteiger partial charge in [-0.1, -0.05) is 36.4 Å². The number of alkyl halides is 1. The molecular weight excluding hydrogens is 194 g/mol.